The van der Waals surface area contributed by atoms with Crippen molar-refractivity contribution in [1.82, 2.24) is 9.55 Å². The summed E-state index contributed by atoms with van der Waals surface area (Å²) in [5, 5.41) is 2.93. The number of hydrogen-bond acceptors (Lipinski definition) is 3. The molecule has 4 nitrogen and oxygen atoms in total. The molecular formula is C13H13F3N4S. The van der Waals surface area contributed by atoms with Crippen molar-refractivity contribution in [3.05, 3.63) is 48.0 Å². The van der Waals surface area contributed by atoms with E-state index in [1.165, 1.54) is 12.1 Å². The van der Waals surface area contributed by atoms with Gasteiger partial charge in [0.25, 0.3) is 0 Å². The predicted octanol–water partition coefficient (Wildman–Crippen LogP) is 2.65. The zero-order valence-electron chi connectivity index (χ0n) is 10.9. The fourth-order valence-corrected chi connectivity index (χ4v) is 2.03. The van der Waals surface area contributed by atoms with Crippen LogP contribution in [0.5, 0.6) is 0 Å². The molecule has 0 bridgehead atoms. The number of anilines is 1. The quantitative estimate of drug-likeness (QED) is 0.833. The van der Waals surface area contributed by atoms with E-state index in [-0.39, 0.29) is 10.6 Å². The highest BCUT2D eigenvalue weighted by Gasteiger charge is 2.34. The Balaban J connectivity index is 2.12. The number of alkyl halides is 3. The molecule has 0 aliphatic rings. The average molecular weight is 314 g/mol. The van der Waals surface area contributed by atoms with Crippen LogP contribution in [0.4, 0.5) is 18.9 Å². The second kappa shape index (κ2) is 6.13. The Morgan fingerprint density at radius 3 is 2.71 bits per heavy atom. The van der Waals surface area contributed by atoms with Gasteiger partial charge in [0.05, 0.1) is 11.9 Å². The Kier molecular flexibility index (Phi) is 4.46. The number of rotatable bonds is 5. The van der Waals surface area contributed by atoms with E-state index in [1.807, 2.05) is 4.57 Å². The number of nitrogens with two attached hydrogens (primary N) is 1. The first-order chi connectivity index (χ1) is 9.88. The third-order valence-corrected chi connectivity index (χ3v) is 3.07. The van der Waals surface area contributed by atoms with Gasteiger partial charge in [-0.3, -0.25) is 0 Å². The zero-order valence-corrected chi connectivity index (χ0v) is 11.7. The Morgan fingerprint density at radius 1 is 1.38 bits per heavy atom. The van der Waals surface area contributed by atoms with Gasteiger partial charge in [0.2, 0.25) is 0 Å². The molecule has 0 saturated heterocycles. The van der Waals surface area contributed by atoms with Gasteiger partial charge in [-0.15, -0.1) is 0 Å². The molecule has 2 rings (SSSR count). The van der Waals surface area contributed by atoms with Crippen molar-refractivity contribution < 1.29 is 13.2 Å². The van der Waals surface area contributed by atoms with Gasteiger partial charge in [-0.2, -0.15) is 13.2 Å². The number of halogens is 3. The molecule has 0 amide bonds. The summed E-state index contributed by atoms with van der Waals surface area (Å²) in [5.41, 5.74) is 4.69. The maximum absolute atomic E-state index is 13.0. The fourth-order valence-electron chi connectivity index (χ4n) is 1.85. The highest BCUT2D eigenvalue weighted by molar-refractivity contribution is 7.80. The van der Waals surface area contributed by atoms with Crippen molar-refractivity contribution >= 4 is 22.9 Å². The molecule has 0 unspecified atom stereocenters. The molecule has 0 radical (unpaired) electrons. The Bertz CT molecular complexity index is 623. The van der Waals surface area contributed by atoms with Crippen LogP contribution < -0.4 is 11.1 Å². The third-order valence-electron chi connectivity index (χ3n) is 2.85. The van der Waals surface area contributed by atoms with Crippen LogP contribution in [-0.2, 0) is 12.7 Å². The summed E-state index contributed by atoms with van der Waals surface area (Å²) in [7, 11) is 0. The SMILES string of the molecule is NC(=S)c1ccc(NCCn2ccnc2)cc1C(F)(F)F. The van der Waals surface area contributed by atoms with Crippen LogP contribution in [0, 0.1) is 0 Å². The van der Waals surface area contributed by atoms with E-state index in [0.717, 1.165) is 6.07 Å². The first-order valence-electron chi connectivity index (χ1n) is 6.08. The molecule has 1 aromatic carbocycles. The minimum atomic E-state index is -4.50. The highest BCUT2D eigenvalue weighted by atomic mass is 32.1. The maximum Gasteiger partial charge on any atom is 0.417 e. The second-order valence-electron chi connectivity index (χ2n) is 4.35. The third kappa shape index (κ3) is 3.94. The minimum absolute atomic E-state index is 0.169. The molecule has 1 aromatic heterocycles. The number of benzene rings is 1. The predicted molar refractivity (Wildman–Crippen MR) is 78.0 cm³/mol. The van der Waals surface area contributed by atoms with Crippen molar-refractivity contribution in [1.29, 1.82) is 0 Å². The lowest BCUT2D eigenvalue weighted by Gasteiger charge is -2.14. The summed E-state index contributed by atoms with van der Waals surface area (Å²) in [4.78, 5) is 3.61. The summed E-state index contributed by atoms with van der Waals surface area (Å²) in [6, 6.07) is 3.82. The van der Waals surface area contributed by atoms with Crippen LogP contribution in [0.1, 0.15) is 11.1 Å². The van der Waals surface area contributed by atoms with Gasteiger partial charge in [-0.1, -0.05) is 12.2 Å². The van der Waals surface area contributed by atoms with E-state index in [2.05, 4.69) is 22.5 Å². The van der Waals surface area contributed by atoms with Crippen LogP contribution in [0.25, 0.3) is 0 Å². The average Bonchev–Trinajstić information content (AvgIpc) is 2.90. The van der Waals surface area contributed by atoms with Crippen molar-refractivity contribution in [2.45, 2.75) is 12.7 Å². The topological polar surface area (TPSA) is 55.9 Å². The number of aromatic nitrogens is 2. The summed E-state index contributed by atoms with van der Waals surface area (Å²) in [6.07, 6.45) is 0.553. The van der Waals surface area contributed by atoms with Crippen molar-refractivity contribution in [3.63, 3.8) is 0 Å². The van der Waals surface area contributed by atoms with E-state index in [0.29, 0.717) is 18.8 Å². The molecule has 8 heteroatoms. The fraction of sp³-hybridized carbons (Fsp3) is 0.231. The lowest BCUT2D eigenvalue weighted by Crippen LogP contribution is -2.18. The second-order valence-corrected chi connectivity index (χ2v) is 4.79. The lowest BCUT2D eigenvalue weighted by atomic mass is 10.1. The number of nitrogens with one attached hydrogen (secondary N) is 1. The van der Waals surface area contributed by atoms with Gasteiger partial charge in [-0.05, 0) is 18.2 Å². The van der Waals surface area contributed by atoms with Crippen LogP contribution in [0.2, 0.25) is 0 Å². The van der Waals surface area contributed by atoms with Gasteiger partial charge in [0.1, 0.15) is 4.99 Å². The summed E-state index contributed by atoms with van der Waals surface area (Å²) >= 11 is 4.65. The summed E-state index contributed by atoms with van der Waals surface area (Å²) in [5.74, 6) is 0. The Morgan fingerprint density at radius 2 is 2.14 bits per heavy atom. The van der Waals surface area contributed by atoms with Gasteiger partial charge in [-0.25, -0.2) is 4.98 Å². The van der Waals surface area contributed by atoms with Crippen LogP contribution in [0.3, 0.4) is 0 Å². The summed E-state index contributed by atoms with van der Waals surface area (Å²) < 4.78 is 40.8. The smallest absolute Gasteiger partial charge is 0.389 e. The maximum atomic E-state index is 13.0. The van der Waals surface area contributed by atoms with Crippen molar-refractivity contribution in [3.8, 4) is 0 Å². The highest BCUT2D eigenvalue weighted by Crippen LogP contribution is 2.33. The van der Waals surface area contributed by atoms with Crippen molar-refractivity contribution in [2.24, 2.45) is 5.73 Å². The van der Waals surface area contributed by atoms with Gasteiger partial charge < -0.3 is 15.6 Å². The van der Waals surface area contributed by atoms with Crippen LogP contribution in [0.15, 0.2) is 36.9 Å². The van der Waals surface area contributed by atoms with E-state index in [4.69, 9.17) is 5.73 Å². The molecule has 0 saturated carbocycles. The minimum Gasteiger partial charge on any atom is -0.389 e. The Labute approximate surface area is 124 Å². The molecule has 0 spiro atoms. The van der Waals surface area contributed by atoms with E-state index in [1.54, 1.807) is 18.7 Å². The summed E-state index contributed by atoms with van der Waals surface area (Å²) in [6.45, 7) is 1.07. The molecule has 1 heterocycles. The van der Waals surface area contributed by atoms with E-state index < -0.39 is 11.7 Å². The first-order valence-corrected chi connectivity index (χ1v) is 6.49. The number of nitrogens with zero attached hydrogens (tertiary/aromatic N) is 2. The standard InChI is InChI=1S/C13H13F3N4S/c14-13(15,16)11-7-9(1-2-10(11)12(17)21)19-4-6-20-5-3-18-8-20/h1-3,5,7-8,19H,4,6H2,(H2,17,21). The van der Waals surface area contributed by atoms with Crippen molar-refractivity contribution in [2.75, 3.05) is 11.9 Å². The number of hydrogen-bond donors (Lipinski definition) is 2. The number of imidazole rings is 1. The monoisotopic (exact) mass is 314 g/mol. The van der Waals surface area contributed by atoms with E-state index >= 15 is 0 Å². The molecule has 0 atom stereocenters. The Hall–Kier alpha value is -2.09. The number of thiocarbonyl (C=S) groups is 1. The normalized spacial score (nSPS) is 11.4. The molecule has 112 valence electrons. The molecule has 2 aromatic rings. The molecule has 0 aliphatic carbocycles. The molecule has 0 fully saturated rings. The van der Waals surface area contributed by atoms with Gasteiger partial charge >= 0.3 is 6.18 Å². The van der Waals surface area contributed by atoms with Crippen LogP contribution >= 0.6 is 12.2 Å². The molecule has 21 heavy (non-hydrogen) atoms. The van der Waals surface area contributed by atoms with Gasteiger partial charge in [0.15, 0.2) is 0 Å². The zero-order chi connectivity index (χ0) is 15.5. The lowest BCUT2D eigenvalue weighted by molar-refractivity contribution is -0.137. The first kappa shape index (κ1) is 15.3. The van der Waals surface area contributed by atoms with E-state index in [9.17, 15) is 13.2 Å². The van der Waals surface area contributed by atoms with Gasteiger partial charge in [0, 0.05) is 36.7 Å². The largest absolute Gasteiger partial charge is 0.417 e. The molecular weight excluding hydrogens is 301 g/mol. The molecule has 3 N–H and O–H groups in total. The molecule has 0 aliphatic heterocycles. The van der Waals surface area contributed by atoms with Crippen LogP contribution in [-0.4, -0.2) is 21.1 Å².